The van der Waals surface area contributed by atoms with E-state index in [-0.39, 0.29) is 6.61 Å². The van der Waals surface area contributed by atoms with E-state index in [1.54, 1.807) is 18.2 Å². The third-order valence-electron chi connectivity index (χ3n) is 4.08. The molecular formula is C21H30ClN5O3. The molecule has 1 aromatic carbocycles. The molecule has 0 radical (unpaired) electrons. The summed E-state index contributed by atoms with van der Waals surface area (Å²) >= 11 is 6.08. The molecule has 164 valence electrons. The molecule has 0 spiro atoms. The first-order chi connectivity index (χ1) is 14.2. The Labute approximate surface area is 182 Å². The number of anilines is 1. The average Bonchev–Trinajstić information content (AvgIpc) is 2.71. The highest BCUT2D eigenvalue weighted by molar-refractivity contribution is 6.31. The second kappa shape index (κ2) is 11.1. The molecule has 0 aliphatic rings. The molecule has 0 fully saturated rings. The van der Waals surface area contributed by atoms with E-state index in [1.807, 2.05) is 46.8 Å². The number of nitrogens with zero attached hydrogens (tertiary/aromatic N) is 3. The molecule has 0 bridgehead atoms. The number of ether oxygens (including phenoxy) is 2. The predicted octanol–water partition coefficient (Wildman–Crippen LogP) is 3.43. The molecule has 0 saturated heterocycles. The van der Waals surface area contributed by atoms with Gasteiger partial charge in [0.1, 0.15) is 25.1 Å². The van der Waals surface area contributed by atoms with Crippen molar-refractivity contribution < 1.29 is 14.6 Å². The summed E-state index contributed by atoms with van der Waals surface area (Å²) in [4.78, 5) is 0. The number of benzene rings is 1. The zero-order valence-electron chi connectivity index (χ0n) is 18.1. The van der Waals surface area contributed by atoms with Crippen LogP contribution >= 0.6 is 11.6 Å². The third-order valence-corrected chi connectivity index (χ3v) is 4.49. The van der Waals surface area contributed by atoms with Crippen molar-refractivity contribution in [2.75, 3.05) is 25.2 Å². The van der Waals surface area contributed by atoms with Crippen LogP contribution < -0.4 is 20.2 Å². The number of nitrogens with one attached hydrogen (secondary N) is 2. The quantitative estimate of drug-likeness (QED) is 0.367. The molecule has 1 heterocycles. The lowest BCUT2D eigenvalue weighted by molar-refractivity contribution is 0.0920. The van der Waals surface area contributed by atoms with Gasteiger partial charge in [-0.25, -0.2) is 0 Å². The Bertz CT molecular complexity index is 839. The summed E-state index contributed by atoms with van der Waals surface area (Å²) in [7, 11) is 0. The van der Waals surface area contributed by atoms with Gasteiger partial charge in [-0.05, 0) is 52.8 Å². The molecule has 1 atom stereocenters. The zero-order chi connectivity index (χ0) is 22.1. The second-order valence-corrected chi connectivity index (χ2v) is 8.22. The number of aliphatic hydroxyl groups excluding tert-OH is 1. The van der Waals surface area contributed by atoms with Gasteiger partial charge in [-0.3, -0.25) is 5.43 Å². The minimum Gasteiger partial charge on any atom is -0.491 e. The molecule has 9 heteroatoms. The molecule has 0 amide bonds. The van der Waals surface area contributed by atoms with Crippen molar-refractivity contribution in [3.05, 3.63) is 40.9 Å². The van der Waals surface area contributed by atoms with E-state index in [0.717, 1.165) is 11.3 Å². The van der Waals surface area contributed by atoms with Gasteiger partial charge >= 0.3 is 0 Å². The van der Waals surface area contributed by atoms with Crippen molar-refractivity contribution in [2.24, 2.45) is 5.10 Å². The largest absolute Gasteiger partial charge is 0.491 e. The maximum Gasteiger partial charge on any atom is 0.233 e. The minimum atomic E-state index is -0.685. The van der Waals surface area contributed by atoms with Gasteiger partial charge in [0.15, 0.2) is 5.82 Å². The van der Waals surface area contributed by atoms with E-state index >= 15 is 0 Å². The lowest BCUT2D eigenvalue weighted by Gasteiger charge is -2.27. The molecule has 2 aromatic rings. The molecule has 30 heavy (non-hydrogen) atoms. The Hall–Kier alpha value is -2.42. The van der Waals surface area contributed by atoms with E-state index in [9.17, 15) is 5.11 Å². The van der Waals surface area contributed by atoms with Gasteiger partial charge in [-0.15, -0.1) is 10.2 Å². The van der Waals surface area contributed by atoms with Crippen LogP contribution in [0.25, 0.3) is 0 Å². The second-order valence-electron chi connectivity index (χ2n) is 7.81. The molecule has 8 nitrogen and oxygen atoms in total. The highest BCUT2D eigenvalue weighted by atomic mass is 35.5. The van der Waals surface area contributed by atoms with Gasteiger partial charge in [0, 0.05) is 34.4 Å². The fourth-order valence-electron chi connectivity index (χ4n) is 2.31. The Morgan fingerprint density at radius 2 is 1.97 bits per heavy atom. The number of β-amino-alcohol motifs (C(OH)–C–C–N with tert-alkyl or cyclic N) is 1. The fraction of sp³-hybridized carbons (Fsp3) is 0.476. The van der Waals surface area contributed by atoms with Crippen LogP contribution in [0.15, 0.2) is 35.4 Å². The Kier molecular flexibility index (Phi) is 8.83. The number of hydrogen-bond acceptors (Lipinski definition) is 8. The van der Waals surface area contributed by atoms with Crippen molar-refractivity contribution in [2.45, 2.75) is 46.3 Å². The van der Waals surface area contributed by atoms with E-state index in [4.69, 9.17) is 21.1 Å². The lowest BCUT2D eigenvalue weighted by Crippen LogP contribution is -2.48. The predicted molar refractivity (Wildman–Crippen MR) is 120 cm³/mol. The summed E-state index contributed by atoms with van der Waals surface area (Å²) in [5.74, 6) is 1.62. The topological polar surface area (TPSA) is 101 Å². The summed E-state index contributed by atoms with van der Waals surface area (Å²) < 4.78 is 11.4. The normalized spacial score (nSPS) is 12.2. The molecule has 0 aliphatic carbocycles. The van der Waals surface area contributed by atoms with Gasteiger partial charge in [-0.2, -0.15) is 5.10 Å². The van der Waals surface area contributed by atoms with Crippen LogP contribution in [0.3, 0.4) is 0 Å². The van der Waals surface area contributed by atoms with Crippen molar-refractivity contribution in [1.29, 1.82) is 0 Å². The summed E-state index contributed by atoms with van der Waals surface area (Å²) in [5, 5.41) is 26.3. The van der Waals surface area contributed by atoms with Crippen LogP contribution in [0, 0.1) is 6.92 Å². The third kappa shape index (κ3) is 8.14. The van der Waals surface area contributed by atoms with Crippen molar-refractivity contribution in [3.8, 4) is 11.6 Å². The van der Waals surface area contributed by atoms with Crippen molar-refractivity contribution in [3.63, 3.8) is 0 Å². The van der Waals surface area contributed by atoms with Crippen LogP contribution in [0.4, 0.5) is 5.82 Å². The summed E-state index contributed by atoms with van der Waals surface area (Å²) in [6, 6.07) is 8.92. The zero-order valence-corrected chi connectivity index (χ0v) is 18.8. The maximum atomic E-state index is 10.2. The smallest absolute Gasteiger partial charge is 0.233 e. The Morgan fingerprint density at radius 1 is 1.20 bits per heavy atom. The fourth-order valence-corrected chi connectivity index (χ4v) is 2.48. The van der Waals surface area contributed by atoms with E-state index in [1.165, 1.54) is 0 Å². The van der Waals surface area contributed by atoms with E-state index < -0.39 is 11.6 Å². The van der Waals surface area contributed by atoms with Crippen LogP contribution in [-0.4, -0.2) is 52.4 Å². The SMILES string of the molecule is CC(C)=NNc1ccc(OCC(C)(C)NCC(O)COc2cccc(Cl)c2C)nn1. The first kappa shape index (κ1) is 23.9. The highest BCUT2D eigenvalue weighted by Gasteiger charge is 2.20. The number of hydrogen-bond donors (Lipinski definition) is 3. The van der Waals surface area contributed by atoms with Crippen molar-refractivity contribution >= 4 is 23.1 Å². The lowest BCUT2D eigenvalue weighted by atomic mass is 10.1. The molecular weight excluding hydrogens is 406 g/mol. The number of rotatable bonds is 11. The van der Waals surface area contributed by atoms with Crippen molar-refractivity contribution in [1.82, 2.24) is 15.5 Å². The molecule has 3 N–H and O–H groups in total. The van der Waals surface area contributed by atoms with Crippen LogP contribution in [0.1, 0.15) is 33.3 Å². The summed E-state index contributed by atoms with van der Waals surface area (Å²) in [6.07, 6.45) is -0.685. The Balaban J connectivity index is 1.75. The standard InChI is InChI=1S/C21H30ClN5O3/c1-14(2)24-25-19-9-10-20(27-26-19)30-13-21(4,5)23-11-16(28)12-29-18-8-6-7-17(22)15(18)3/h6-10,16,23,28H,11-13H2,1-5H3,(H,25,26). The number of hydrazone groups is 1. The first-order valence-electron chi connectivity index (χ1n) is 9.71. The average molecular weight is 436 g/mol. The number of aromatic nitrogens is 2. The van der Waals surface area contributed by atoms with Crippen LogP contribution in [0.5, 0.6) is 11.6 Å². The van der Waals surface area contributed by atoms with Gasteiger partial charge < -0.3 is 19.9 Å². The molecule has 0 saturated carbocycles. The van der Waals surface area contributed by atoms with Gasteiger partial charge in [0.25, 0.3) is 0 Å². The molecule has 2 rings (SSSR count). The Morgan fingerprint density at radius 3 is 2.63 bits per heavy atom. The van der Waals surface area contributed by atoms with Gasteiger partial charge in [0.05, 0.1) is 0 Å². The summed E-state index contributed by atoms with van der Waals surface area (Å²) in [5.41, 5.74) is 4.16. The number of halogens is 1. The van der Waals surface area contributed by atoms with Crippen LogP contribution in [0.2, 0.25) is 5.02 Å². The highest BCUT2D eigenvalue weighted by Crippen LogP contribution is 2.25. The van der Waals surface area contributed by atoms with Crippen LogP contribution in [-0.2, 0) is 0 Å². The summed E-state index contributed by atoms with van der Waals surface area (Å²) in [6.45, 7) is 10.5. The maximum absolute atomic E-state index is 10.2. The van der Waals surface area contributed by atoms with E-state index in [2.05, 4.69) is 26.0 Å². The first-order valence-corrected chi connectivity index (χ1v) is 10.1. The minimum absolute atomic E-state index is 0.158. The van der Waals surface area contributed by atoms with E-state index in [0.29, 0.717) is 35.6 Å². The van der Waals surface area contributed by atoms with Gasteiger partial charge in [0.2, 0.25) is 5.88 Å². The number of aliphatic hydroxyl groups is 1. The monoisotopic (exact) mass is 435 g/mol. The molecule has 1 aromatic heterocycles. The molecule has 1 unspecified atom stereocenters. The van der Waals surface area contributed by atoms with Gasteiger partial charge in [-0.1, -0.05) is 17.7 Å². The molecule has 0 aliphatic heterocycles.